The number of carbonyl (C=O) groups excluding carboxylic acids is 2. The van der Waals surface area contributed by atoms with Gasteiger partial charge >= 0.3 is 18.2 Å². The summed E-state index contributed by atoms with van der Waals surface area (Å²) in [5.74, 6) is 2.72. The number of hydrogen-bond acceptors (Lipinski definition) is 12. The Kier molecular flexibility index (Phi) is 13.7. The molecule has 5 fully saturated rings. The highest BCUT2D eigenvalue weighted by molar-refractivity contribution is 6.90. The summed E-state index contributed by atoms with van der Waals surface area (Å²) in [4.78, 5) is 50.0. The molecule has 4 aromatic rings. The maximum Gasteiger partial charge on any atom is 0.410 e. The number of morpholine rings is 1. The van der Waals surface area contributed by atoms with Gasteiger partial charge in [0.05, 0.1) is 49.0 Å². The molecule has 0 unspecified atom stereocenters. The van der Waals surface area contributed by atoms with Gasteiger partial charge in [0.2, 0.25) is 5.88 Å². The van der Waals surface area contributed by atoms with Crippen molar-refractivity contribution in [2.45, 2.75) is 153 Å². The molecule has 0 aliphatic carbocycles. The smallest absolute Gasteiger partial charge is 0.410 e. The third kappa shape index (κ3) is 9.17. The number of fused-ring (bicyclic) bond motifs is 7. The minimum absolute atomic E-state index is 0.0207. The predicted molar refractivity (Wildman–Crippen MR) is 280 cm³/mol. The minimum Gasteiger partial charge on any atom is -0.477 e. The molecule has 6 aliphatic rings. The summed E-state index contributed by atoms with van der Waals surface area (Å²) in [6, 6.07) is 7.86. The van der Waals surface area contributed by atoms with Crippen LogP contribution in [0.2, 0.25) is 16.6 Å². The molecule has 2 amide bonds. The maximum atomic E-state index is 18.3. The van der Waals surface area contributed by atoms with Crippen LogP contribution in [0.25, 0.3) is 32.9 Å². The lowest BCUT2D eigenvalue weighted by atomic mass is 9.94. The van der Waals surface area contributed by atoms with Gasteiger partial charge in [-0.2, -0.15) is 9.97 Å². The van der Waals surface area contributed by atoms with Crippen molar-refractivity contribution in [2.24, 2.45) is 0 Å². The van der Waals surface area contributed by atoms with Gasteiger partial charge in [0.25, 0.3) is 0 Å². The van der Waals surface area contributed by atoms with E-state index in [0.717, 1.165) is 31.3 Å². The topological polar surface area (TPSA) is 132 Å². The molecular weight excluding hydrogens is 949 g/mol. The molecule has 0 radical (unpaired) electrons. The Morgan fingerprint density at radius 1 is 0.918 bits per heavy atom. The van der Waals surface area contributed by atoms with E-state index in [4.69, 9.17) is 38.6 Å². The molecule has 2 aromatic carbocycles. The highest BCUT2D eigenvalue weighted by Crippen LogP contribution is 2.48. The molecule has 17 heteroatoms. The van der Waals surface area contributed by atoms with E-state index in [1.165, 1.54) is 6.07 Å². The summed E-state index contributed by atoms with van der Waals surface area (Å²) >= 11 is 0. The molecule has 390 valence electrons. The van der Waals surface area contributed by atoms with Crippen LogP contribution in [0.1, 0.15) is 106 Å². The molecular formula is C56H71F2N7O7Si. The van der Waals surface area contributed by atoms with Crippen molar-refractivity contribution in [1.82, 2.24) is 29.7 Å². The lowest BCUT2D eigenvalue weighted by Gasteiger charge is -2.48. The fourth-order valence-electron chi connectivity index (χ4n) is 13.4. The minimum atomic E-state index is -2.32. The van der Waals surface area contributed by atoms with Crippen molar-refractivity contribution in [1.29, 1.82) is 0 Å². The number of anilines is 1. The fraction of sp³-hybridized carbons (Fsp3) is 0.589. The van der Waals surface area contributed by atoms with Crippen LogP contribution >= 0.6 is 0 Å². The average molecular weight is 1020 g/mol. The number of nitrogens with zero attached hydrogens (tertiary/aromatic N) is 7. The first-order valence-electron chi connectivity index (χ1n) is 26.4. The molecule has 0 saturated carbocycles. The molecule has 5 saturated heterocycles. The van der Waals surface area contributed by atoms with Crippen molar-refractivity contribution >= 4 is 47.8 Å². The van der Waals surface area contributed by atoms with Gasteiger partial charge in [-0.3, -0.25) is 9.80 Å². The third-order valence-corrected chi connectivity index (χ3v) is 23.0. The van der Waals surface area contributed by atoms with Gasteiger partial charge in [0, 0.05) is 49.6 Å². The number of benzene rings is 2. The number of hydrogen-bond donors (Lipinski definition) is 0. The number of piperazine rings is 1. The normalized spacial score (nSPS) is 24.1. The summed E-state index contributed by atoms with van der Waals surface area (Å²) < 4.78 is 65.3. The molecule has 8 heterocycles. The molecule has 2 aromatic heterocycles. The van der Waals surface area contributed by atoms with E-state index >= 15 is 8.78 Å². The Bertz CT molecular complexity index is 2870. The average Bonchev–Trinajstić information content (AvgIpc) is 3.97. The van der Waals surface area contributed by atoms with E-state index in [9.17, 15) is 9.59 Å². The third-order valence-electron chi connectivity index (χ3n) is 16.7. The number of carbonyl (C=O) groups is 2. The lowest BCUT2D eigenvalue weighted by Crippen LogP contribution is -2.62. The first kappa shape index (κ1) is 50.9. The van der Waals surface area contributed by atoms with Gasteiger partial charge in [-0.1, -0.05) is 83.9 Å². The van der Waals surface area contributed by atoms with Crippen LogP contribution in [-0.2, 0) is 14.2 Å². The van der Waals surface area contributed by atoms with Crippen molar-refractivity contribution in [3.63, 3.8) is 0 Å². The Morgan fingerprint density at radius 3 is 2.40 bits per heavy atom. The van der Waals surface area contributed by atoms with Gasteiger partial charge in [-0.15, -0.1) is 5.54 Å². The largest absolute Gasteiger partial charge is 0.477 e. The first-order valence-corrected chi connectivity index (χ1v) is 28.7. The Balaban J connectivity index is 1.08. The summed E-state index contributed by atoms with van der Waals surface area (Å²) in [6.07, 6.45) is 3.52. The molecule has 2 bridgehead atoms. The highest BCUT2D eigenvalue weighted by atomic mass is 28.3. The van der Waals surface area contributed by atoms with Crippen molar-refractivity contribution in [2.75, 3.05) is 64.1 Å². The summed E-state index contributed by atoms with van der Waals surface area (Å²) in [5, 5.41) is 1.46. The molecule has 0 N–H and O–H groups in total. The van der Waals surface area contributed by atoms with Crippen LogP contribution in [0.4, 0.5) is 24.2 Å². The predicted octanol–water partition coefficient (Wildman–Crippen LogP) is 10.4. The quantitative estimate of drug-likeness (QED) is 0.0898. The second kappa shape index (κ2) is 19.6. The van der Waals surface area contributed by atoms with E-state index < -0.39 is 30.8 Å². The van der Waals surface area contributed by atoms with Gasteiger partial charge in [0.15, 0.2) is 5.82 Å². The number of amides is 2. The van der Waals surface area contributed by atoms with Crippen molar-refractivity contribution < 1.29 is 42.1 Å². The lowest BCUT2D eigenvalue weighted by molar-refractivity contribution is 0.00630. The van der Waals surface area contributed by atoms with E-state index in [2.05, 4.69) is 69.4 Å². The number of rotatable bonds is 9. The number of ether oxygens (including phenoxy) is 5. The van der Waals surface area contributed by atoms with Crippen molar-refractivity contribution in [3.05, 3.63) is 59.7 Å². The molecule has 0 spiro atoms. The zero-order chi connectivity index (χ0) is 51.7. The molecule has 73 heavy (non-hydrogen) atoms. The Morgan fingerprint density at radius 2 is 1.67 bits per heavy atom. The van der Waals surface area contributed by atoms with E-state index in [1.54, 1.807) is 17.0 Å². The van der Waals surface area contributed by atoms with Crippen LogP contribution in [-0.4, -0.2) is 144 Å². The van der Waals surface area contributed by atoms with E-state index in [-0.39, 0.29) is 84.8 Å². The van der Waals surface area contributed by atoms with Crippen LogP contribution < -0.4 is 14.4 Å². The number of aromatic nitrogens is 3. The zero-order valence-electron chi connectivity index (χ0n) is 44.0. The van der Waals surface area contributed by atoms with Gasteiger partial charge < -0.3 is 33.5 Å². The summed E-state index contributed by atoms with van der Waals surface area (Å²) in [6.45, 7) is 26.9. The van der Waals surface area contributed by atoms with Gasteiger partial charge in [0.1, 0.15) is 55.1 Å². The maximum absolute atomic E-state index is 18.3. The van der Waals surface area contributed by atoms with E-state index in [0.29, 0.717) is 96.4 Å². The zero-order valence-corrected chi connectivity index (χ0v) is 45.0. The number of halogens is 2. The Hall–Kier alpha value is -5.57. The second-order valence-corrected chi connectivity index (χ2v) is 28.7. The second-order valence-electron chi connectivity index (χ2n) is 23.1. The van der Waals surface area contributed by atoms with Crippen LogP contribution in [0, 0.1) is 23.1 Å². The van der Waals surface area contributed by atoms with Gasteiger partial charge in [-0.05, 0) is 81.0 Å². The van der Waals surface area contributed by atoms with E-state index in [1.807, 2.05) is 37.8 Å². The van der Waals surface area contributed by atoms with Gasteiger partial charge in [-0.25, -0.2) is 23.4 Å². The molecule has 5 atom stereocenters. The monoisotopic (exact) mass is 1020 g/mol. The number of pyridine rings is 1. The molecule has 6 aliphatic heterocycles. The first-order chi connectivity index (χ1) is 34.8. The summed E-state index contributed by atoms with van der Waals surface area (Å²) in [7, 11) is -2.32. The van der Waals surface area contributed by atoms with Crippen LogP contribution in [0.5, 0.6) is 11.9 Å². The van der Waals surface area contributed by atoms with Crippen LogP contribution in [0.15, 0.2) is 42.5 Å². The van der Waals surface area contributed by atoms with Crippen molar-refractivity contribution in [3.8, 4) is 34.6 Å². The molecule has 10 rings (SSSR count). The fourth-order valence-corrected chi connectivity index (χ4v) is 18.6. The molecule has 14 nitrogen and oxygen atoms in total. The Labute approximate surface area is 429 Å². The summed E-state index contributed by atoms with van der Waals surface area (Å²) in [5.41, 5.74) is 5.00. The standard InChI is InChI=1S/C56H71F2N7O7Si/c1-33(2)73(34(3)4,35(5)6)27-20-40-42(57)16-14-37-12-11-13-41(45(37)40)48-47(58)49-46-50(63-30-38-15-17-44(43(63)19-24-69-51(46)59-48)65(38)54(67)72-55(8,9)10)61-52(60-49)71-32-56-21-18-39(64(56)29-36(7)28-56)31-70-53(66)62-22-25-68-26-23-62/h11-14,16,33-35,38-39,43-44H,7,15,17-19,21-26,28-32H2,1-6,8-10H3/t38-,39+,43-,44+,56+/m1/s1. The highest BCUT2D eigenvalue weighted by Gasteiger charge is 2.53. The SMILES string of the molecule is C=C1CN2[C@H](COC(=O)N3CCOCC3)CC[C@@]2(COc2nc3c4c(nc(-c5cccc6ccc(F)c(C#C[Si](C(C)C)(C(C)C)C(C)C)c56)c(F)c4n2)OCC[C@@H]2[C@@H]4CC[C@H](CN32)N4C(=O)OC(C)(C)C)C1. The van der Waals surface area contributed by atoms with Crippen LogP contribution in [0.3, 0.4) is 0 Å².